The van der Waals surface area contributed by atoms with Gasteiger partial charge >= 0.3 is 0 Å². The molecular formula is C13H21NO. The Kier molecular flexibility index (Phi) is 4.30. The van der Waals surface area contributed by atoms with Crippen molar-refractivity contribution in [2.75, 3.05) is 6.61 Å². The number of nitrogens with two attached hydrogens (primary N) is 1. The summed E-state index contributed by atoms with van der Waals surface area (Å²) in [6, 6.07) is 6.49. The Bertz CT molecular complexity index is 320. The van der Waals surface area contributed by atoms with E-state index in [1.165, 1.54) is 16.7 Å². The standard InChI is InChI=1S/C13H21NO/c1-9-4-5-12(10(2)8-9)13(6-7-15)11(3)14/h4-5,8,11,13,15H,6-7,14H2,1-3H3. The van der Waals surface area contributed by atoms with Crippen molar-refractivity contribution >= 4 is 0 Å². The zero-order chi connectivity index (χ0) is 11.4. The summed E-state index contributed by atoms with van der Waals surface area (Å²) in [7, 11) is 0. The number of aryl methyl sites for hydroxylation is 2. The third-order valence-corrected chi connectivity index (χ3v) is 2.90. The summed E-state index contributed by atoms with van der Waals surface area (Å²) in [6.45, 7) is 6.39. The quantitative estimate of drug-likeness (QED) is 0.794. The number of benzene rings is 1. The molecule has 0 saturated carbocycles. The highest BCUT2D eigenvalue weighted by Gasteiger charge is 2.17. The van der Waals surface area contributed by atoms with Gasteiger partial charge in [0.25, 0.3) is 0 Å². The number of aliphatic hydroxyl groups is 1. The second kappa shape index (κ2) is 5.29. The molecule has 1 aromatic rings. The number of hydrogen-bond donors (Lipinski definition) is 2. The first-order valence-corrected chi connectivity index (χ1v) is 5.50. The molecule has 0 bridgehead atoms. The van der Waals surface area contributed by atoms with Crippen LogP contribution in [0.5, 0.6) is 0 Å². The summed E-state index contributed by atoms with van der Waals surface area (Å²) >= 11 is 0. The van der Waals surface area contributed by atoms with Crippen LogP contribution in [0.15, 0.2) is 18.2 Å². The normalized spacial score (nSPS) is 15.0. The van der Waals surface area contributed by atoms with Gasteiger partial charge in [-0.1, -0.05) is 23.8 Å². The summed E-state index contributed by atoms with van der Waals surface area (Å²) in [6.07, 6.45) is 0.738. The van der Waals surface area contributed by atoms with Gasteiger partial charge in [-0.05, 0) is 38.3 Å². The lowest BCUT2D eigenvalue weighted by atomic mass is 9.87. The van der Waals surface area contributed by atoms with E-state index in [0.29, 0.717) is 0 Å². The minimum absolute atomic E-state index is 0.0820. The highest BCUT2D eigenvalue weighted by atomic mass is 16.3. The van der Waals surface area contributed by atoms with Gasteiger partial charge < -0.3 is 10.8 Å². The molecule has 3 N–H and O–H groups in total. The molecule has 0 amide bonds. The van der Waals surface area contributed by atoms with Crippen LogP contribution in [0.1, 0.15) is 36.0 Å². The van der Waals surface area contributed by atoms with Gasteiger partial charge in [-0.3, -0.25) is 0 Å². The molecule has 0 aliphatic heterocycles. The maximum atomic E-state index is 9.04. The van der Waals surface area contributed by atoms with Crippen LogP contribution >= 0.6 is 0 Å². The fourth-order valence-electron chi connectivity index (χ4n) is 2.08. The van der Waals surface area contributed by atoms with E-state index in [2.05, 4.69) is 32.0 Å². The van der Waals surface area contributed by atoms with Crippen molar-refractivity contribution in [3.8, 4) is 0 Å². The minimum Gasteiger partial charge on any atom is -0.396 e. The predicted molar refractivity (Wildman–Crippen MR) is 64.0 cm³/mol. The number of rotatable bonds is 4. The van der Waals surface area contributed by atoms with Crippen molar-refractivity contribution in [3.05, 3.63) is 34.9 Å². The predicted octanol–water partition coefficient (Wildman–Crippen LogP) is 2.12. The molecule has 0 aliphatic carbocycles. The molecule has 1 rings (SSSR count). The average molecular weight is 207 g/mol. The van der Waals surface area contributed by atoms with Gasteiger partial charge in [0.15, 0.2) is 0 Å². The van der Waals surface area contributed by atoms with Crippen molar-refractivity contribution in [2.24, 2.45) is 5.73 Å². The molecule has 0 saturated heterocycles. The number of aliphatic hydroxyl groups excluding tert-OH is 1. The van der Waals surface area contributed by atoms with Crippen LogP contribution in [0.4, 0.5) is 0 Å². The first-order valence-electron chi connectivity index (χ1n) is 5.50. The lowest BCUT2D eigenvalue weighted by Crippen LogP contribution is -2.26. The van der Waals surface area contributed by atoms with Gasteiger partial charge in [-0.25, -0.2) is 0 Å². The zero-order valence-electron chi connectivity index (χ0n) is 9.83. The summed E-state index contributed by atoms with van der Waals surface area (Å²) in [4.78, 5) is 0. The van der Waals surface area contributed by atoms with E-state index < -0.39 is 0 Å². The Balaban J connectivity index is 3.00. The molecule has 2 atom stereocenters. The summed E-state index contributed by atoms with van der Waals surface area (Å²) in [5.41, 5.74) is 9.76. The molecule has 0 radical (unpaired) electrons. The highest BCUT2D eigenvalue weighted by Crippen LogP contribution is 2.26. The Labute approximate surface area is 92.1 Å². The van der Waals surface area contributed by atoms with Crippen LogP contribution in [0.3, 0.4) is 0 Å². The van der Waals surface area contributed by atoms with Crippen LogP contribution in [0, 0.1) is 13.8 Å². The van der Waals surface area contributed by atoms with Crippen molar-refractivity contribution < 1.29 is 5.11 Å². The lowest BCUT2D eigenvalue weighted by molar-refractivity contribution is 0.269. The van der Waals surface area contributed by atoms with Crippen molar-refractivity contribution in [2.45, 2.75) is 39.2 Å². The van der Waals surface area contributed by atoms with Crippen LogP contribution in [-0.4, -0.2) is 17.8 Å². The van der Waals surface area contributed by atoms with Gasteiger partial charge in [0.05, 0.1) is 0 Å². The average Bonchev–Trinajstić information content (AvgIpc) is 2.15. The smallest absolute Gasteiger partial charge is 0.0437 e. The second-order valence-corrected chi connectivity index (χ2v) is 4.34. The highest BCUT2D eigenvalue weighted by molar-refractivity contribution is 5.33. The Morgan fingerprint density at radius 2 is 2.00 bits per heavy atom. The SMILES string of the molecule is Cc1ccc(C(CCO)C(C)N)c(C)c1. The van der Waals surface area contributed by atoms with Crippen LogP contribution in [0.25, 0.3) is 0 Å². The molecule has 2 nitrogen and oxygen atoms in total. The van der Waals surface area contributed by atoms with Crippen LogP contribution in [-0.2, 0) is 0 Å². The Morgan fingerprint density at radius 1 is 1.33 bits per heavy atom. The van der Waals surface area contributed by atoms with E-state index in [4.69, 9.17) is 10.8 Å². The molecule has 0 spiro atoms. The molecule has 0 aromatic heterocycles. The van der Waals surface area contributed by atoms with E-state index in [1.807, 2.05) is 6.92 Å². The largest absolute Gasteiger partial charge is 0.396 e. The fraction of sp³-hybridized carbons (Fsp3) is 0.538. The Hall–Kier alpha value is -0.860. The lowest BCUT2D eigenvalue weighted by Gasteiger charge is -2.22. The van der Waals surface area contributed by atoms with Crippen LogP contribution < -0.4 is 5.73 Å². The fourth-order valence-corrected chi connectivity index (χ4v) is 2.08. The van der Waals surface area contributed by atoms with Gasteiger partial charge in [0, 0.05) is 18.6 Å². The third-order valence-electron chi connectivity index (χ3n) is 2.90. The van der Waals surface area contributed by atoms with Crippen molar-refractivity contribution in [3.63, 3.8) is 0 Å². The molecule has 0 aliphatic rings. The van der Waals surface area contributed by atoms with E-state index in [9.17, 15) is 0 Å². The van der Waals surface area contributed by atoms with Gasteiger partial charge in [0.1, 0.15) is 0 Å². The van der Waals surface area contributed by atoms with Crippen molar-refractivity contribution in [1.82, 2.24) is 0 Å². The Morgan fingerprint density at radius 3 is 2.47 bits per heavy atom. The maximum absolute atomic E-state index is 9.04. The molecule has 0 heterocycles. The molecule has 2 unspecified atom stereocenters. The molecule has 2 heteroatoms. The first-order chi connectivity index (χ1) is 7.06. The van der Waals surface area contributed by atoms with Crippen molar-refractivity contribution in [1.29, 1.82) is 0 Å². The molecule has 84 valence electrons. The summed E-state index contributed by atoms with van der Waals surface area (Å²) < 4.78 is 0. The van der Waals surface area contributed by atoms with E-state index in [-0.39, 0.29) is 18.6 Å². The van der Waals surface area contributed by atoms with E-state index in [0.717, 1.165) is 6.42 Å². The molecule has 1 aromatic carbocycles. The van der Waals surface area contributed by atoms with Gasteiger partial charge in [-0.15, -0.1) is 0 Å². The monoisotopic (exact) mass is 207 g/mol. The summed E-state index contributed by atoms with van der Waals surface area (Å²) in [5, 5.41) is 9.04. The second-order valence-electron chi connectivity index (χ2n) is 4.34. The summed E-state index contributed by atoms with van der Waals surface area (Å²) in [5.74, 6) is 0.260. The van der Waals surface area contributed by atoms with Gasteiger partial charge in [0.2, 0.25) is 0 Å². The van der Waals surface area contributed by atoms with E-state index >= 15 is 0 Å². The molecular weight excluding hydrogens is 186 g/mol. The molecule has 15 heavy (non-hydrogen) atoms. The maximum Gasteiger partial charge on any atom is 0.0437 e. The van der Waals surface area contributed by atoms with Crippen LogP contribution in [0.2, 0.25) is 0 Å². The van der Waals surface area contributed by atoms with Gasteiger partial charge in [-0.2, -0.15) is 0 Å². The zero-order valence-corrected chi connectivity index (χ0v) is 9.83. The topological polar surface area (TPSA) is 46.2 Å². The first kappa shape index (κ1) is 12.2. The minimum atomic E-state index is 0.0820. The number of hydrogen-bond acceptors (Lipinski definition) is 2. The van der Waals surface area contributed by atoms with E-state index in [1.54, 1.807) is 0 Å². The third kappa shape index (κ3) is 3.05. The molecule has 0 fully saturated rings.